The summed E-state index contributed by atoms with van der Waals surface area (Å²) in [6.45, 7) is 0.731. The third-order valence-corrected chi connectivity index (χ3v) is 7.74. The number of nitrogens with zero attached hydrogens (tertiary/aromatic N) is 2. The van der Waals surface area contributed by atoms with E-state index in [9.17, 15) is 14.7 Å². The number of likely N-dealkylation sites (tertiary alicyclic amines) is 1. The van der Waals surface area contributed by atoms with Crippen LogP contribution in [0.3, 0.4) is 0 Å². The fraction of sp³-hybridized carbons (Fsp3) is 0.321. The van der Waals surface area contributed by atoms with Crippen molar-refractivity contribution in [2.45, 2.75) is 30.8 Å². The van der Waals surface area contributed by atoms with Gasteiger partial charge in [0.1, 0.15) is 17.8 Å². The van der Waals surface area contributed by atoms with Crippen LogP contribution in [0.15, 0.2) is 71.5 Å². The Morgan fingerprint density at radius 3 is 2.36 bits per heavy atom. The summed E-state index contributed by atoms with van der Waals surface area (Å²) in [5.41, 5.74) is 4.65. The minimum Gasteiger partial charge on any atom is -0.480 e. The van der Waals surface area contributed by atoms with E-state index in [4.69, 9.17) is 9.47 Å². The SMILES string of the molecule is O=C(O)COC1(c2cccnc2Br)CCCN(C(=O)OCC2c3ccccc3-c3ccccc32)CC1. The van der Waals surface area contributed by atoms with Gasteiger partial charge in [-0.15, -0.1) is 0 Å². The molecule has 2 aliphatic rings. The number of carboxylic acid groups (broad SMARTS) is 1. The third-order valence-electron chi connectivity index (χ3n) is 7.11. The molecule has 1 aliphatic carbocycles. The van der Waals surface area contributed by atoms with Crippen molar-refractivity contribution < 1.29 is 24.2 Å². The summed E-state index contributed by atoms with van der Waals surface area (Å²) in [4.78, 5) is 30.5. The molecule has 0 radical (unpaired) electrons. The molecule has 1 atom stereocenters. The highest BCUT2D eigenvalue weighted by atomic mass is 79.9. The molecule has 186 valence electrons. The second kappa shape index (κ2) is 10.4. The summed E-state index contributed by atoms with van der Waals surface area (Å²) in [6, 6.07) is 20.2. The minimum absolute atomic E-state index is 0.00216. The van der Waals surface area contributed by atoms with Crippen molar-refractivity contribution in [3.8, 4) is 11.1 Å². The topological polar surface area (TPSA) is 89.0 Å². The van der Waals surface area contributed by atoms with Crippen molar-refractivity contribution in [2.24, 2.45) is 0 Å². The maximum atomic E-state index is 13.2. The van der Waals surface area contributed by atoms with Crippen LogP contribution < -0.4 is 0 Å². The number of fused-ring (bicyclic) bond motifs is 3. The van der Waals surface area contributed by atoms with Crippen LogP contribution in [0.25, 0.3) is 11.1 Å². The maximum Gasteiger partial charge on any atom is 0.409 e. The van der Waals surface area contributed by atoms with Crippen LogP contribution in [0.5, 0.6) is 0 Å². The first-order chi connectivity index (χ1) is 17.5. The van der Waals surface area contributed by atoms with Crippen LogP contribution >= 0.6 is 15.9 Å². The molecule has 1 amide bonds. The van der Waals surface area contributed by atoms with E-state index in [0.29, 0.717) is 37.0 Å². The van der Waals surface area contributed by atoms with Crippen molar-refractivity contribution in [3.05, 3.63) is 88.2 Å². The van der Waals surface area contributed by atoms with E-state index in [1.165, 1.54) is 22.3 Å². The van der Waals surface area contributed by atoms with Crippen LogP contribution in [0, 0.1) is 0 Å². The van der Waals surface area contributed by atoms with E-state index in [1.807, 2.05) is 30.3 Å². The Bertz CT molecular complexity index is 1240. The number of ether oxygens (including phenoxy) is 2. The van der Waals surface area contributed by atoms with Gasteiger partial charge in [-0.2, -0.15) is 0 Å². The Balaban J connectivity index is 1.30. The monoisotopic (exact) mass is 550 g/mol. The van der Waals surface area contributed by atoms with Gasteiger partial charge in [0.05, 0.1) is 5.60 Å². The van der Waals surface area contributed by atoms with Crippen molar-refractivity contribution in [1.29, 1.82) is 0 Å². The maximum absolute atomic E-state index is 13.2. The summed E-state index contributed by atoms with van der Waals surface area (Å²) in [5, 5.41) is 9.26. The molecule has 0 spiro atoms. The van der Waals surface area contributed by atoms with E-state index in [0.717, 1.165) is 5.56 Å². The molecule has 1 unspecified atom stereocenters. The summed E-state index contributed by atoms with van der Waals surface area (Å²) in [6.07, 6.45) is 2.95. The Kier molecular flexibility index (Phi) is 7.07. The zero-order valence-electron chi connectivity index (χ0n) is 19.7. The number of amides is 1. The van der Waals surface area contributed by atoms with Gasteiger partial charge in [0.2, 0.25) is 0 Å². The highest BCUT2D eigenvalue weighted by Crippen LogP contribution is 2.45. The van der Waals surface area contributed by atoms with E-state index >= 15 is 0 Å². The van der Waals surface area contributed by atoms with Crippen molar-refractivity contribution in [2.75, 3.05) is 26.3 Å². The molecule has 0 bridgehead atoms. The second-order valence-electron chi connectivity index (χ2n) is 9.16. The standard InChI is InChI=1S/C28H27BrN2O5/c29-26-24(11-5-14-30-26)28(36-18-25(32)33)12-6-15-31(16-13-28)27(34)35-17-23-21-9-3-1-7-19(21)20-8-2-4-10-22(20)23/h1-5,7-11,14,23H,6,12-13,15-18H2,(H,32,33). The lowest BCUT2D eigenvalue weighted by Crippen LogP contribution is -2.36. The van der Waals surface area contributed by atoms with Gasteiger partial charge in [-0.3, -0.25) is 0 Å². The number of carbonyl (C=O) groups excluding carboxylic acids is 1. The number of carbonyl (C=O) groups is 2. The average Bonchev–Trinajstić information content (AvgIpc) is 3.04. The highest BCUT2D eigenvalue weighted by molar-refractivity contribution is 9.10. The van der Waals surface area contributed by atoms with Gasteiger partial charge >= 0.3 is 12.1 Å². The molecule has 1 aromatic heterocycles. The average molecular weight is 551 g/mol. The third kappa shape index (κ3) is 4.75. The summed E-state index contributed by atoms with van der Waals surface area (Å²) >= 11 is 3.49. The van der Waals surface area contributed by atoms with Gasteiger partial charge in [0.15, 0.2) is 0 Å². The fourth-order valence-electron chi connectivity index (χ4n) is 5.39. The molecule has 5 rings (SSSR count). The van der Waals surface area contributed by atoms with Crippen molar-refractivity contribution in [1.82, 2.24) is 9.88 Å². The molecule has 7 nitrogen and oxygen atoms in total. The first-order valence-corrected chi connectivity index (χ1v) is 12.8. The fourth-order valence-corrected chi connectivity index (χ4v) is 6.00. The Morgan fingerprint density at radius 2 is 1.69 bits per heavy atom. The lowest BCUT2D eigenvalue weighted by Gasteiger charge is -2.33. The first-order valence-electron chi connectivity index (χ1n) is 12.1. The number of benzene rings is 2. The zero-order chi connectivity index (χ0) is 25.1. The number of hydrogen-bond acceptors (Lipinski definition) is 5. The number of carboxylic acids is 1. The number of rotatable bonds is 6. The number of hydrogen-bond donors (Lipinski definition) is 1. The number of halogens is 1. The molecule has 1 aliphatic heterocycles. The molecule has 0 saturated carbocycles. The van der Waals surface area contributed by atoms with Gasteiger partial charge in [-0.05, 0) is 63.5 Å². The highest BCUT2D eigenvalue weighted by Gasteiger charge is 2.39. The summed E-state index contributed by atoms with van der Waals surface area (Å²) in [7, 11) is 0. The van der Waals surface area contributed by atoms with Gasteiger partial charge in [-0.1, -0.05) is 54.6 Å². The summed E-state index contributed by atoms with van der Waals surface area (Å²) in [5.74, 6) is -1.04. The van der Waals surface area contributed by atoms with Crippen molar-refractivity contribution >= 4 is 28.0 Å². The molecule has 3 aromatic rings. The quantitative estimate of drug-likeness (QED) is 0.403. The largest absolute Gasteiger partial charge is 0.480 e. The van der Waals surface area contributed by atoms with Gasteiger partial charge in [-0.25, -0.2) is 14.6 Å². The normalized spacial score (nSPS) is 19.3. The van der Waals surface area contributed by atoms with Crippen molar-refractivity contribution in [3.63, 3.8) is 0 Å². The smallest absolute Gasteiger partial charge is 0.409 e. The van der Waals surface area contributed by atoms with E-state index in [1.54, 1.807) is 17.2 Å². The van der Waals surface area contributed by atoms with Gasteiger partial charge in [0.25, 0.3) is 0 Å². The first kappa shape index (κ1) is 24.5. The Morgan fingerprint density at radius 1 is 1.00 bits per heavy atom. The molecule has 1 fully saturated rings. The van der Waals surface area contributed by atoms with Gasteiger partial charge < -0.3 is 19.5 Å². The van der Waals surface area contributed by atoms with Crippen LogP contribution in [0.4, 0.5) is 4.79 Å². The second-order valence-corrected chi connectivity index (χ2v) is 9.91. The molecule has 8 heteroatoms. The predicted molar refractivity (Wildman–Crippen MR) is 138 cm³/mol. The lowest BCUT2D eigenvalue weighted by molar-refractivity contribution is -0.152. The molecule has 1 saturated heterocycles. The van der Waals surface area contributed by atoms with Crippen LogP contribution in [-0.4, -0.2) is 53.4 Å². The van der Waals surface area contributed by atoms with Crippen LogP contribution in [0.1, 0.15) is 41.9 Å². The minimum atomic E-state index is -1.04. The van der Waals surface area contributed by atoms with E-state index in [-0.39, 0.29) is 18.6 Å². The summed E-state index contributed by atoms with van der Waals surface area (Å²) < 4.78 is 12.5. The molecule has 36 heavy (non-hydrogen) atoms. The Hall–Kier alpha value is -3.23. The number of pyridine rings is 1. The van der Waals surface area contributed by atoms with E-state index in [2.05, 4.69) is 45.2 Å². The molecule has 2 aromatic carbocycles. The molecular formula is C28H27BrN2O5. The number of aliphatic carboxylic acids is 1. The zero-order valence-corrected chi connectivity index (χ0v) is 21.3. The number of aromatic nitrogens is 1. The lowest BCUT2D eigenvalue weighted by atomic mass is 9.87. The molecular weight excluding hydrogens is 524 g/mol. The Labute approximate surface area is 218 Å². The molecule has 2 heterocycles. The van der Waals surface area contributed by atoms with Crippen LogP contribution in [0.2, 0.25) is 0 Å². The molecule has 1 N–H and O–H groups in total. The predicted octanol–water partition coefficient (Wildman–Crippen LogP) is 5.58. The van der Waals surface area contributed by atoms with Crippen LogP contribution in [-0.2, 0) is 19.9 Å². The van der Waals surface area contributed by atoms with Gasteiger partial charge in [0, 0.05) is 30.8 Å². The van der Waals surface area contributed by atoms with E-state index < -0.39 is 18.2 Å².